The van der Waals surface area contributed by atoms with E-state index in [0.717, 1.165) is 0 Å². The van der Waals surface area contributed by atoms with Gasteiger partial charge in [0.05, 0.1) is 18.8 Å². The fraction of sp³-hybridized carbons (Fsp3) is 0.500. The lowest BCUT2D eigenvalue weighted by Crippen LogP contribution is -2.34. The highest BCUT2D eigenvalue weighted by Gasteiger charge is 2.24. The minimum Gasteiger partial charge on any atom is -0.496 e. The number of allylic oxidation sites excluding steroid dienone is 1. The largest absolute Gasteiger partial charge is 0.496 e. The van der Waals surface area contributed by atoms with Crippen molar-refractivity contribution in [2.45, 2.75) is 39.4 Å². The molecule has 1 aromatic heterocycles. The summed E-state index contributed by atoms with van der Waals surface area (Å²) in [5, 5.41) is 19.5. The van der Waals surface area contributed by atoms with Gasteiger partial charge in [0, 0.05) is 6.07 Å². The molecule has 1 heterocycles. The van der Waals surface area contributed by atoms with Gasteiger partial charge in [0.25, 0.3) is 0 Å². The topological polar surface area (TPSA) is 79.9 Å². The SMILES string of the molecule is COc1cc(C(C)=C[C@@](C)(O)[C@H](C)O)oc(=O)c1C. The zero-order valence-corrected chi connectivity index (χ0v) is 11.9. The Kier molecular flexibility index (Phi) is 4.55. The molecular weight excluding hydrogens is 248 g/mol. The van der Waals surface area contributed by atoms with Gasteiger partial charge in [-0.1, -0.05) is 0 Å². The van der Waals surface area contributed by atoms with Crippen LogP contribution in [0.2, 0.25) is 0 Å². The first kappa shape index (κ1) is 15.5. The summed E-state index contributed by atoms with van der Waals surface area (Å²) in [5.41, 5.74) is -0.956. The minimum atomic E-state index is -1.40. The van der Waals surface area contributed by atoms with Crippen LogP contribution >= 0.6 is 0 Å². The Labute approximate surface area is 112 Å². The van der Waals surface area contributed by atoms with E-state index in [-0.39, 0.29) is 0 Å². The molecule has 19 heavy (non-hydrogen) atoms. The van der Waals surface area contributed by atoms with Crippen molar-refractivity contribution in [1.82, 2.24) is 0 Å². The van der Waals surface area contributed by atoms with Crippen LogP contribution < -0.4 is 10.4 Å². The standard InChI is InChI=1S/C14H20O5/c1-8(7-14(4,17)10(3)15)11-6-12(18-5)9(2)13(16)19-11/h6-7,10,15,17H,1-5H3/t10-,14+/m0/s1. The summed E-state index contributed by atoms with van der Waals surface area (Å²) in [6.45, 7) is 6.25. The maximum Gasteiger partial charge on any atom is 0.342 e. The summed E-state index contributed by atoms with van der Waals surface area (Å²) in [6.07, 6.45) is 0.506. The maximum atomic E-state index is 11.6. The van der Waals surface area contributed by atoms with E-state index in [1.807, 2.05) is 0 Å². The molecule has 1 rings (SSSR count). The van der Waals surface area contributed by atoms with Gasteiger partial charge < -0.3 is 19.4 Å². The second kappa shape index (κ2) is 5.59. The van der Waals surface area contributed by atoms with Gasteiger partial charge in [-0.3, -0.25) is 0 Å². The minimum absolute atomic E-state index is 0.299. The fourth-order valence-electron chi connectivity index (χ4n) is 1.57. The van der Waals surface area contributed by atoms with Gasteiger partial charge in [-0.25, -0.2) is 4.79 Å². The molecule has 106 valence electrons. The first-order valence-corrected chi connectivity index (χ1v) is 5.98. The smallest absolute Gasteiger partial charge is 0.342 e. The van der Waals surface area contributed by atoms with E-state index >= 15 is 0 Å². The van der Waals surface area contributed by atoms with Crippen LogP contribution in [-0.2, 0) is 0 Å². The van der Waals surface area contributed by atoms with E-state index in [4.69, 9.17) is 9.15 Å². The molecule has 0 saturated heterocycles. The van der Waals surface area contributed by atoms with Crippen molar-refractivity contribution in [2.75, 3.05) is 7.11 Å². The lowest BCUT2D eigenvalue weighted by atomic mass is 9.96. The predicted octanol–water partition coefficient (Wildman–Crippen LogP) is 1.49. The van der Waals surface area contributed by atoms with Crippen LogP contribution in [0.15, 0.2) is 21.4 Å². The Bertz CT molecular complexity index is 537. The first-order chi connectivity index (χ1) is 8.69. The highest BCUT2D eigenvalue weighted by atomic mass is 16.5. The van der Waals surface area contributed by atoms with Crippen molar-refractivity contribution in [2.24, 2.45) is 0 Å². The molecule has 2 atom stereocenters. The number of aliphatic hydroxyl groups is 2. The third kappa shape index (κ3) is 3.45. The number of hydrogen-bond acceptors (Lipinski definition) is 5. The maximum absolute atomic E-state index is 11.6. The Hall–Kier alpha value is -1.59. The molecule has 0 aromatic carbocycles. The van der Waals surface area contributed by atoms with Crippen LogP contribution in [0.4, 0.5) is 0 Å². The van der Waals surface area contributed by atoms with Gasteiger partial charge in [-0.05, 0) is 39.3 Å². The van der Waals surface area contributed by atoms with Crippen molar-refractivity contribution in [3.05, 3.63) is 33.9 Å². The molecule has 0 aliphatic heterocycles. The van der Waals surface area contributed by atoms with E-state index in [1.54, 1.807) is 19.9 Å². The summed E-state index contributed by atoms with van der Waals surface area (Å²) < 4.78 is 10.2. The Morgan fingerprint density at radius 2 is 2.16 bits per heavy atom. The normalized spacial score (nSPS) is 16.9. The summed E-state index contributed by atoms with van der Waals surface area (Å²) in [5.74, 6) is 0.726. The number of hydrogen-bond donors (Lipinski definition) is 2. The summed E-state index contributed by atoms with van der Waals surface area (Å²) in [7, 11) is 1.47. The van der Waals surface area contributed by atoms with Crippen molar-refractivity contribution >= 4 is 5.57 Å². The summed E-state index contributed by atoms with van der Waals surface area (Å²) in [4.78, 5) is 11.6. The van der Waals surface area contributed by atoms with Crippen LogP contribution in [0.5, 0.6) is 5.75 Å². The number of methoxy groups -OCH3 is 1. The van der Waals surface area contributed by atoms with Gasteiger partial charge in [0.1, 0.15) is 17.1 Å². The molecule has 0 spiro atoms. The number of ether oxygens (including phenoxy) is 1. The van der Waals surface area contributed by atoms with Gasteiger partial charge in [0.15, 0.2) is 0 Å². The number of rotatable bonds is 4. The van der Waals surface area contributed by atoms with Crippen LogP contribution in [0.1, 0.15) is 32.1 Å². The Morgan fingerprint density at radius 3 is 2.63 bits per heavy atom. The van der Waals surface area contributed by atoms with Gasteiger partial charge in [-0.15, -0.1) is 0 Å². The zero-order valence-electron chi connectivity index (χ0n) is 11.9. The molecule has 2 N–H and O–H groups in total. The fourth-order valence-corrected chi connectivity index (χ4v) is 1.57. The van der Waals surface area contributed by atoms with E-state index in [2.05, 4.69) is 0 Å². The molecule has 0 radical (unpaired) electrons. The highest BCUT2D eigenvalue weighted by Crippen LogP contribution is 2.24. The van der Waals surface area contributed by atoms with Crippen molar-refractivity contribution in [3.8, 4) is 5.75 Å². The molecule has 0 amide bonds. The Balaban J connectivity index is 3.28. The highest BCUT2D eigenvalue weighted by molar-refractivity contribution is 5.61. The Morgan fingerprint density at radius 1 is 1.58 bits per heavy atom. The molecule has 5 heteroatoms. The summed E-state index contributed by atoms with van der Waals surface area (Å²) >= 11 is 0. The molecule has 0 aliphatic carbocycles. The average molecular weight is 268 g/mol. The van der Waals surface area contributed by atoms with E-state index in [0.29, 0.717) is 22.6 Å². The van der Waals surface area contributed by atoms with E-state index in [9.17, 15) is 15.0 Å². The van der Waals surface area contributed by atoms with Crippen molar-refractivity contribution in [3.63, 3.8) is 0 Å². The van der Waals surface area contributed by atoms with Crippen molar-refractivity contribution < 1.29 is 19.4 Å². The van der Waals surface area contributed by atoms with Crippen molar-refractivity contribution in [1.29, 1.82) is 0 Å². The lowest BCUT2D eigenvalue weighted by molar-refractivity contribution is -0.0149. The zero-order chi connectivity index (χ0) is 14.8. The third-order valence-electron chi connectivity index (χ3n) is 3.10. The molecule has 0 saturated carbocycles. The van der Waals surface area contributed by atoms with Crippen LogP contribution in [0, 0.1) is 6.92 Å². The third-order valence-corrected chi connectivity index (χ3v) is 3.10. The van der Waals surface area contributed by atoms with E-state index in [1.165, 1.54) is 27.0 Å². The summed E-state index contributed by atoms with van der Waals surface area (Å²) in [6, 6.07) is 1.58. The van der Waals surface area contributed by atoms with Gasteiger partial charge in [-0.2, -0.15) is 0 Å². The molecule has 5 nitrogen and oxygen atoms in total. The molecule has 0 aliphatic rings. The molecule has 0 bridgehead atoms. The molecule has 0 unspecified atom stereocenters. The lowest BCUT2D eigenvalue weighted by Gasteiger charge is -2.23. The molecule has 1 aromatic rings. The molecule has 0 fully saturated rings. The van der Waals surface area contributed by atoms with Crippen LogP contribution in [0.25, 0.3) is 5.57 Å². The average Bonchev–Trinajstić information content (AvgIpc) is 2.31. The second-order valence-corrected chi connectivity index (χ2v) is 4.82. The van der Waals surface area contributed by atoms with E-state index < -0.39 is 17.3 Å². The predicted molar refractivity (Wildman–Crippen MR) is 72.2 cm³/mol. The quantitative estimate of drug-likeness (QED) is 0.865. The van der Waals surface area contributed by atoms with Crippen LogP contribution in [0.3, 0.4) is 0 Å². The monoisotopic (exact) mass is 268 g/mol. The molecular formula is C14H20O5. The van der Waals surface area contributed by atoms with Crippen LogP contribution in [-0.4, -0.2) is 29.0 Å². The van der Waals surface area contributed by atoms with Gasteiger partial charge >= 0.3 is 5.63 Å². The first-order valence-electron chi connectivity index (χ1n) is 5.98. The number of aliphatic hydroxyl groups excluding tert-OH is 1. The van der Waals surface area contributed by atoms with Gasteiger partial charge in [0.2, 0.25) is 0 Å². The second-order valence-electron chi connectivity index (χ2n) is 4.82.